The summed E-state index contributed by atoms with van der Waals surface area (Å²) >= 11 is 0. The van der Waals surface area contributed by atoms with Crippen LogP contribution in [0.25, 0.3) is 0 Å². The smallest absolute Gasteiger partial charge is 0.323 e. The number of hydrogen-bond acceptors (Lipinski definition) is 3. The molecule has 2 unspecified atom stereocenters. The summed E-state index contributed by atoms with van der Waals surface area (Å²) in [6.07, 6.45) is 8.07. The number of carbonyl (C=O) groups excluding carboxylic acids is 1. The predicted octanol–water partition coefficient (Wildman–Crippen LogP) is 2.89. The molecule has 0 radical (unpaired) electrons. The minimum absolute atomic E-state index is 0.0490. The van der Waals surface area contributed by atoms with Crippen molar-refractivity contribution in [3.05, 3.63) is 0 Å². The van der Waals surface area contributed by atoms with Crippen molar-refractivity contribution in [1.82, 2.24) is 5.32 Å². The second-order valence-electron chi connectivity index (χ2n) is 5.22. The van der Waals surface area contributed by atoms with Crippen LogP contribution >= 0.6 is 0 Å². The summed E-state index contributed by atoms with van der Waals surface area (Å²) in [5.74, 6) is 0.588. The van der Waals surface area contributed by atoms with Crippen molar-refractivity contribution in [3.8, 4) is 0 Å². The van der Waals surface area contributed by atoms with E-state index in [1.54, 1.807) is 0 Å². The maximum Gasteiger partial charge on any atom is 0.323 e. The lowest BCUT2D eigenvalue weighted by Gasteiger charge is -2.26. The van der Waals surface area contributed by atoms with E-state index < -0.39 is 0 Å². The molecule has 0 amide bonds. The molecule has 0 bridgehead atoms. The zero-order valence-corrected chi connectivity index (χ0v) is 11.3. The number of ether oxygens (including phenoxy) is 1. The van der Waals surface area contributed by atoms with Crippen molar-refractivity contribution in [2.75, 3.05) is 13.2 Å². The molecule has 0 spiro atoms. The fraction of sp³-hybridized carbons (Fsp3) is 0.929. The second kappa shape index (κ2) is 8.51. The van der Waals surface area contributed by atoms with Gasteiger partial charge < -0.3 is 10.1 Å². The van der Waals surface area contributed by atoms with Crippen molar-refractivity contribution in [1.29, 1.82) is 0 Å². The normalized spacial score (nSPS) is 24.6. The van der Waals surface area contributed by atoms with E-state index in [0.717, 1.165) is 19.4 Å². The molecule has 0 aliphatic carbocycles. The minimum Gasteiger partial charge on any atom is -0.465 e. The van der Waals surface area contributed by atoms with E-state index in [0.29, 0.717) is 12.5 Å². The molecule has 2 atom stereocenters. The van der Waals surface area contributed by atoms with Crippen LogP contribution in [0.1, 0.15) is 58.8 Å². The maximum absolute atomic E-state index is 11.7. The maximum atomic E-state index is 11.7. The molecular formula is C14H27NO2. The van der Waals surface area contributed by atoms with Crippen molar-refractivity contribution in [3.63, 3.8) is 0 Å². The van der Waals surface area contributed by atoms with Gasteiger partial charge in [0.25, 0.3) is 0 Å². The lowest BCUT2D eigenvalue weighted by atomic mass is 9.94. The molecule has 1 rings (SSSR count). The quantitative estimate of drug-likeness (QED) is 0.550. The fourth-order valence-corrected chi connectivity index (χ4v) is 2.27. The van der Waals surface area contributed by atoms with Crippen LogP contribution in [0, 0.1) is 5.92 Å². The molecule has 1 saturated heterocycles. The summed E-state index contributed by atoms with van der Waals surface area (Å²) in [5, 5.41) is 3.24. The Labute approximate surface area is 105 Å². The van der Waals surface area contributed by atoms with E-state index in [4.69, 9.17) is 4.74 Å². The molecule has 0 aromatic heterocycles. The first kappa shape index (κ1) is 14.5. The second-order valence-corrected chi connectivity index (χ2v) is 5.22. The first-order valence-corrected chi connectivity index (χ1v) is 7.14. The van der Waals surface area contributed by atoms with Gasteiger partial charge >= 0.3 is 5.97 Å². The number of unbranched alkanes of at least 4 members (excludes halogenated alkanes) is 4. The van der Waals surface area contributed by atoms with Gasteiger partial charge in [-0.15, -0.1) is 0 Å². The third-order valence-electron chi connectivity index (χ3n) is 3.44. The number of piperidine rings is 1. The van der Waals surface area contributed by atoms with Gasteiger partial charge in [-0.2, -0.15) is 0 Å². The van der Waals surface area contributed by atoms with Crippen LogP contribution in [0.5, 0.6) is 0 Å². The summed E-state index contributed by atoms with van der Waals surface area (Å²) in [5.41, 5.74) is 0. The average molecular weight is 241 g/mol. The van der Waals surface area contributed by atoms with Crippen molar-refractivity contribution >= 4 is 5.97 Å². The van der Waals surface area contributed by atoms with Crippen molar-refractivity contribution in [2.45, 2.75) is 64.8 Å². The van der Waals surface area contributed by atoms with Gasteiger partial charge in [-0.1, -0.05) is 39.5 Å². The van der Waals surface area contributed by atoms with Gasteiger partial charge in [0.15, 0.2) is 0 Å². The zero-order chi connectivity index (χ0) is 12.5. The van der Waals surface area contributed by atoms with E-state index in [-0.39, 0.29) is 12.0 Å². The lowest BCUT2D eigenvalue weighted by Crippen LogP contribution is -2.43. The Morgan fingerprint density at radius 1 is 1.29 bits per heavy atom. The summed E-state index contributed by atoms with van der Waals surface area (Å²) in [6, 6.07) is -0.0607. The SMILES string of the molecule is CCCCCCCOC(=O)C1CC(C)CCN1. The van der Waals surface area contributed by atoms with E-state index >= 15 is 0 Å². The topological polar surface area (TPSA) is 38.3 Å². The molecular weight excluding hydrogens is 214 g/mol. The van der Waals surface area contributed by atoms with Crippen LogP contribution < -0.4 is 5.32 Å². The van der Waals surface area contributed by atoms with E-state index in [1.807, 2.05) is 0 Å². The Morgan fingerprint density at radius 2 is 2.06 bits per heavy atom. The molecule has 3 nitrogen and oxygen atoms in total. The Bertz CT molecular complexity index is 218. The van der Waals surface area contributed by atoms with Gasteiger partial charge in [-0.25, -0.2) is 0 Å². The number of hydrogen-bond donors (Lipinski definition) is 1. The van der Waals surface area contributed by atoms with Gasteiger partial charge in [-0.05, 0) is 31.7 Å². The van der Waals surface area contributed by atoms with Gasteiger partial charge in [0.2, 0.25) is 0 Å². The summed E-state index contributed by atoms with van der Waals surface area (Å²) in [6.45, 7) is 5.94. The molecule has 100 valence electrons. The summed E-state index contributed by atoms with van der Waals surface area (Å²) < 4.78 is 5.31. The lowest BCUT2D eigenvalue weighted by molar-refractivity contribution is -0.147. The molecule has 1 fully saturated rings. The van der Waals surface area contributed by atoms with E-state index in [2.05, 4.69) is 19.2 Å². The molecule has 0 aromatic carbocycles. The Hall–Kier alpha value is -0.570. The Morgan fingerprint density at radius 3 is 2.76 bits per heavy atom. The average Bonchev–Trinajstić information content (AvgIpc) is 2.33. The van der Waals surface area contributed by atoms with Gasteiger partial charge in [0.05, 0.1) is 6.61 Å². The number of esters is 1. The van der Waals surface area contributed by atoms with E-state index in [1.165, 1.54) is 32.1 Å². The Balaban J connectivity index is 2.04. The van der Waals surface area contributed by atoms with Crippen LogP contribution in [0.4, 0.5) is 0 Å². The highest BCUT2D eigenvalue weighted by molar-refractivity contribution is 5.75. The van der Waals surface area contributed by atoms with E-state index in [9.17, 15) is 4.79 Å². The van der Waals surface area contributed by atoms with Gasteiger partial charge in [0, 0.05) is 0 Å². The van der Waals surface area contributed by atoms with Crippen molar-refractivity contribution in [2.24, 2.45) is 5.92 Å². The third kappa shape index (κ3) is 6.06. The highest BCUT2D eigenvalue weighted by Gasteiger charge is 2.25. The van der Waals surface area contributed by atoms with Crippen molar-refractivity contribution < 1.29 is 9.53 Å². The molecule has 0 saturated carbocycles. The predicted molar refractivity (Wildman–Crippen MR) is 69.9 cm³/mol. The molecule has 1 aliphatic rings. The molecule has 17 heavy (non-hydrogen) atoms. The summed E-state index contributed by atoms with van der Waals surface area (Å²) in [7, 11) is 0. The third-order valence-corrected chi connectivity index (χ3v) is 3.44. The number of nitrogens with one attached hydrogen (secondary N) is 1. The molecule has 1 N–H and O–H groups in total. The van der Waals surface area contributed by atoms with Gasteiger partial charge in [0.1, 0.15) is 6.04 Å². The summed E-state index contributed by atoms with van der Waals surface area (Å²) in [4.78, 5) is 11.7. The molecule has 0 aromatic rings. The zero-order valence-electron chi connectivity index (χ0n) is 11.3. The molecule has 1 heterocycles. The number of rotatable bonds is 7. The largest absolute Gasteiger partial charge is 0.465 e. The molecule has 1 aliphatic heterocycles. The minimum atomic E-state index is -0.0607. The molecule has 3 heteroatoms. The first-order valence-electron chi connectivity index (χ1n) is 7.14. The first-order chi connectivity index (χ1) is 8.24. The van der Waals surface area contributed by atoms with Crippen LogP contribution in [-0.2, 0) is 9.53 Å². The Kier molecular flexibility index (Phi) is 7.25. The van der Waals surface area contributed by atoms with Crippen LogP contribution in [0.2, 0.25) is 0 Å². The monoisotopic (exact) mass is 241 g/mol. The van der Waals surface area contributed by atoms with Crippen LogP contribution in [0.3, 0.4) is 0 Å². The van der Waals surface area contributed by atoms with Gasteiger partial charge in [-0.3, -0.25) is 4.79 Å². The highest BCUT2D eigenvalue weighted by atomic mass is 16.5. The van der Waals surface area contributed by atoms with Crippen LogP contribution in [0.15, 0.2) is 0 Å². The highest BCUT2D eigenvalue weighted by Crippen LogP contribution is 2.16. The van der Waals surface area contributed by atoms with Crippen LogP contribution in [-0.4, -0.2) is 25.2 Å². The number of carbonyl (C=O) groups is 1. The standard InChI is InChI=1S/C14H27NO2/c1-3-4-5-6-7-10-17-14(16)13-11-12(2)8-9-15-13/h12-13,15H,3-11H2,1-2H3. The fourth-order valence-electron chi connectivity index (χ4n) is 2.27.